The van der Waals surface area contributed by atoms with Crippen molar-refractivity contribution in [1.29, 1.82) is 0 Å². The maximum atomic E-state index is 11.5. The van der Waals surface area contributed by atoms with Gasteiger partial charge in [0.25, 0.3) is 0 Å². The second-order valence-electron chi connectivity index (χ2n) is 5.37. The van der Waals surface area contributed by atoms with Crippen LogP contribution in [0, 0.1) is 0 Å². The second kappa shape index (κ2) is 6.19. The highest BCUT2D eigenvalue weighted by molar-refractivity contribution is 5.92. The predicted molar refractivity (Wildman–Crippen MR) is 84.6 cm³/mol. The van der Waals surface area contributed by atoms with Crippen LogP contribution in [-0.2, 0) is 11.3 Å². The molecule has 2 aromatic heterocycles. The van der Waals surface area contributed by atoms with E-state index in [1.165, 1.54) is 4.80 Å². The standard InChI is InChI=1S/C15H16N6O3/c22-15-16-4-1-6-23-10-2-3-12-11(8-10)14(19-18-12)13-9-17-21(20-13)5-7-24-15/h2-3,8-9H,1,4-7H2,(H,16,22)(H,18,19). The molecule has 0 aliphatic carbocycles. The van der Waals surface area contributed by atoms with Gasteiger partial charge >= 0.3 is 6.09 Å². The molecule has 2 N–H and O–H groups in total. The number of rotatable bonds is 0. The maximum Gasteiger partial charge on any atom is 0.407 e. The van der Waals surface area contributed by atoms with Gasteiger partial charge in [-0.25, -0.2) is 4.79 Å². The Morgan fingerprint density at radius 2 is 2.17 bits per heavy atom. The number of H-pyrrole nitrogens is 1. The fourth-order valence-electron chi connectivity index (χ4n) is 2.52. The average molecular weight is 328 g/mol. The van der Waals surface area contributed by atoms with E-state index in [-0.39, 0.29) is 6.61 Å². The van der Waals surface area contributed by atoms with Crippen LogP contribution in [0.1, 0.15) is 6.42 Å². The Kier molecular flexibility index (Phi) is 3.73. The summed E-state index contributed by atoms with van der Waals surface area (Å²) in [5.41, 5.74) is 2.27. The number of fused-ring (bicyclic) bond motifs is 4. The fourth-order valence-corrected chi connectivity index (χ4v) is 2.52. The lowest BCUT2D eigenvalue weighted by Gasteiger charge is -2.09. The summed E-state index contributed by atoms with van der Waals surface area (Å²) in [4.78, 5) is 13.0. The van der Waals surface area contributed by atoms with E-state index in [2.05, 4.69) is 25.7 Å². The highest BCUT2D eigenvalue weighted by Crippen LogP contribution is 2.28. The minimum absolute atomic E-state index is 0.196. The zero-order chi connectivity index (χ0) is 16.4. The molecule has 1 aliphatic heterocycles. The molecule has 0 radical (unpaired) electrons. The lowest BCUT2D eigenvalue weighted by molar-refractivity contribution is 0.138. The molecule has 9 heteroatoms. The van der Waals surface area contributed by atoms with Gasteiger partial charge in [-0.15, -0.1) is 0 Å². The molecule has 1 aliphatic rings. The maximum absolute atomic E-state index is 11.5. The molecule has 1 aromatic carbocycles. The number of cyclic esters (lactones) is 1. The van der Waals surface area contributed by atoms with Crippen molar-refractivity contribution in [2.75, 3.05) is 19.8 Å². The van der Waals surface area contributed by atoms with Crippen molar-refractivity contribution in [3.8, 4) is 17.1 Å². The molecule has 0 atom stereocenters. The molecule has 0 spiro atoms. The molecule has 4 rings (SSSR count). The molecule has 0 saturated heterocycles. The minimum atomic E-state index is -0.453. The Labute approximate surface area is 136 Å². The van der Waals surface area contributed by atoms with E-state index < -0.39 is 6.09 Å². The Hall–Kier alpha value is -3.10. The van der Waals surface area contributed by atoms with Gasteiger partial charge in [0.05, 0.1) is 24.9 Å². The van der Waals surface area contributed by atoms with Gasteiger partial charge in [-0.2, -0.15) is 20.1 Å². The van der Waals surface area contributed by atoms with E-state index in [0.29, 0.717) is 37.5 Å². The van der Waals surface area contributed by atoms with Crippen molar-refractivity contribution in [3.05, 3.63) is 24.4 Å². The van der Waals surface area contributed by atoms with Crippen molar-refractivity contribution in [2.24, 2.45) is 0 Å². The molecule has 4 bridgehead atoms. The van der Waals surface area contributed by atoms with Crippen molar-refractivity contribution in [1.82, 2.24) is 30.5 Å². The lowest BCUT2D eigenvalue weighted by atomic mass is 10.1. The van der Waals surface area contributed by atoms with Gasteiger partial charge in [0.2, 0.25) is 0 Å². The predicted octanol–water partition coefficient (Wildman–Crippen LogP) is 1.33. The van der Waals surface area contributed by atoms with Gasteiger partial charge in [-0.3, -0.25) is 5.10 Å². The van der Waals surface area contributed by atoms with Gasteiger partial charge in [-0.05, 0) is 24.6 Å². The highest BCUT2D eigenvalue weighted by atomic mass is 16.5. The van der Waals surface area contributed by atoms with Crippen molar-refractivity contribution in [2.45, 2.75) is 13.0 Å². The topological polar surface area (TPSA) is 107 Å². The number of nitrogens with zero attached hydrogens (tertiary/aromatic N) is 4. The van der Waals surface area contributed by atoms with Crippen LogP contribution < -0.4 is 10.1 Å². The number of ether oxygens (including phenoxy) is 2. The van der Waals surface area contributed by atoms with Crippen LogP contribution in [0.5, 0.6) is 5.75 Å². The molecule has 3 heterocycles. The van der Waals surface area contributed by atoms with Crippen molar-refractivity contribution in [3.63, 3.8) is 0 Å². The monoisotopic (exact) mass is 328 g/mol. The van der Waals surface area contributed by atoms with Crippen LogP contribution in [0.2, 0.25) is 0 Å². The third-order valence-corrected chi connectivity index (χ3v) is 3.70. The summed E-state index contributed by atoms with van der Waals surface area (Å²) < 4.78 is 10.8. The van der Waals surface area contributed by atoms with Crippen LogP contribution in [0.4, 0.5) is 4.79 Å². The largest absolute Gasteiger partial charge is 0.494 e. The Morgan fingerprint density at radius 1 is 1.21 bits per heavy atom. The summed E-state index contributed by atoms with van der Waals surface area (Å²) in [6.07, 6.45) is 1.87. The van der Waals surface area contributed by atoms with E-state index in [0.717, 1.165) is 16.7 Å². The van der Waals surface area contributed by atoms with E-state index in [1.54, 1.807) is 6.20 Å². The summed E-state index contributed by atoms with van der Waals surface area (Å²) in [7, 11) is 0. The number of benzene rings is 1. The molecule has 0 fully saturated rings. The van der Waals surface area contributed by atoms with Crippen LogP contribution in [0.25, 0.3) is 22.3 Å². The van der Waals surface area contributed by atoms with Crippen LogP contribution in [-0.4, -0.2) is 51.0 Å². The summed E-state index contributed by atoms with van der Waals surface area (Å²) >= 11 is 0. The first kappa shape index (κ1) is 14.5. The fraction of sp³-hybridized carbons (Fsp3) is 0.333. The van der Waals surface area contributed by atoms with Crippen molar-refractivity contribution >= 4 is 17.0 Å². The SMILES string of the molecule is O=C1NCCCOc2ccc3[nH]nc(c3c2)-c2cnn(n2)CCO1. The second-order valence-corrected chi connectivity index (χ2v) is 5.37. The first-order valence-electron chi connectivity index (χ1n) is 7.72. The number of alkyl carbamates (subject to hydrolysis) is 1. The number of hydrogen-bond acceptors (Lipinski definition) is 6. The van der Waals surface area contributed by atoms with Gasteiger partial charge in [0.15, 0.2) is 0 Å². The van der Waals surface area contributed by atoms with Gasteiger partial charge in [-0.1, -0.05) is 0 Å². The Morgan fingerprint density at radius 3 is 3.12 bits per heavy atom. The first-order chi connectivity index (χ1) is 11.8. The average Bonchev–Trinajstić information content (AvgIpc) is 3.20. The van der Waals surface area contributed by atoms with Crippen LogP contribution in [0.15, 0.2) is 24.4 Å². The van der Waals surface area contributed by atoms with E-state index >= 15 is 0 Å². The molecule has 124 valence electrons. The van der Waals surface area contributed by atoms with E-state index in [1.807, 2.05) is 18.2 Å². The van der Waals surface area contributed by atoms with Crippen LogP contribution >= 0.6 is 0 Å². The number of aromatic amines is 1. The van der Waals surface area contributed by atoms with Gasteiger partial charge in [0, 0.05) is 11.9 Å². The number of carbonyl (C=O) groups excluding carboxylic acids is 1. The van der Waals surface area contributed by atoms with E-state index in [4.69, 9.17) is 9.47 Å². The molecular formula is C15H16N6O3. The third-order valence-electron chi connectivity index (χ3n) is 3.70. The molecule has 9 nitrogen and oxygen atoms in total. The zero-order valence-electron chi connectivity index (χ0n) is 12.9. The highest BCUT2D eigenvalue weighted by Gasteiger charge is 2.13. The number of aromatic nitrogens is 5. The Bertz CT molecular complexity index is 871. The quantitative estimate of drug-likeness (QED) is 0.645. The number of amides is 1. The summed E-state index contributed by atoms with van der Waals surface area (Å²) in [6, 6.07) is 5.73. The van der Waals surface area contributed by atoms with Gasteiger partial charge in [0.1, 0.15) is 23.7 Å². The molecule has 0 saturated carbocycles. The molecule has 0 unspecified atom stereocenters. The van der Waals surface area contributed by atoms with E-state index in [9.17, 15) is 4.79 Å². The first-order valence-corrected chi connectivity index (χ1v) is 7.72. The molecule has 24 heavy (non-hydrogen) atoms. The molecular weight excluding hydrogens is 312 g/mol. The molecule has 1 amide bonds. The summed E-state index contributed by atoms with van der Waals surface area (Å²) in [6.45, 7) is 1.56. The zero-order valence-corrected chi connectivity index (χ0v) is 12.9. The Balaban J connectivity index is 1.69. The lowest BCUT2D eigenvalue weighted by Crippen LogP contribution is -2.27. The smallest absolute Gasteiger partial charge is 0.407 e. The number of hydrogen-bond donors (Lipinski definition) is 2. The van der Waals surface area contributed by atoms with Crippen molar-refractivity contribution < 1.29 is 14.3 Å². The number of carbonyl (C=O) groups is 1. The van der Waals surface area contributed by atoms with Crippen LogP contribution in [0.3, 0.4) is 0 Å². The summed E-state index contributed by atoms with van der Waals surface area (Å²) in [5.74, 6) is 0.743. The number of nitrogens with one attached hydrogen (secondary N) is 2. The molecule has 3 aromatic rings. The van der Waals surface area contributed by atoms with Gasteiger partial charge < -0.3 is 14.8 Å². The summed E-state index contributed by atoms with van der Waals surface area (Å²) in [5, 5.41) is 19.5. The third kappa shape index (κ3) is 2.87. The normalized spacial score (nSPS) is 15.8. The minimum Gasteiger partial charge on any atom is -0.494 e.